The Morgan fingerprint density at radius 1 is 1.29 bits per heavy atom. The van der Waals surface area contributed by atoms with Gasteiger partial charge in [0.1, 0.15) is 5.75 Å². The Hall–Kier alpha value is -1.06. The van der Waals surface area contributed by atoms with E-state index in [1.807, 2.05) is 23.3 Å². The summed E-state index contributed by atoms with van der Waals surface area (Å²) >= 11 is 0. The molecule has 1 aromatic carbocycles. The predicted octanol–water partition coefficient (Wildman–Crippen LogP) is 2.44. The first kappa shape index (κ1) is 9.49. The number of hydrogen-bond donors (Lipinski definition) is 1. The maximum Gasteiger partial charge on any atom is 0.184 e. The van der Waals surface area contributed by atoms with E-state index < -0.39 is 0 Å². The molecule has 3 heteroatoms. The van der Waals surface area contributed by atoms with E-state index in [0.717, 1.165) is 5.56 Å². The third kappa shape index (κ3) is 1.61. The molecule has 1 heterocycles. The zero-order chi connectivity index (χ0) is 10.3. The zero-order valence-corrected chi connectivity index (χ0v) is 8.69. The summed E-state index contributed by atoms with van der Waals surface area (Å²) in [5.74, 6) is 0.296. The molecule has 2 atom stereocenters. The fraction of sp³-hybridized carbons (Fsp3) is 0.455. The first-order valence-corrected chi connectivity index (χ1v) is 4.74. The van der Waals surface area contributed by atoms with Crippen LogP contribution in [0.5, 0.6) is 5.75 Å². The van der Waals surface area contributed by atoms with E-state index >= 15 is 0 Å². The van der Waals surface area contributed by atoms with Crippen LogP contribution >= 0.6 is 0 Å². The molecule has 76 valence electrons. The van der Waals surface area contributed by atoms with Crippen LogP contribution in [0.4, 0.5) is 0 Å². The van der Waals surface area contributed by atoms with E-state index in [9.17, 15) is 5.11 Å². The van der Waals surface area contributed by atoms with Crippen molar-refractivity contribution in [1.82, 2.24) is 5.06 Å². The fourth-order valence-electron chi connectivity index (χ4n) is 1.47. The largest absolute Gasteiger partial charge is 0.508 e. The Bertz CT molecular complexity index is 343. The second-order valence-corrected chi connectivity index (χ2v) is 4.51. The highest BCUT2D eigenvalue weighted by molar-refractivity contribution is 5.34. The van der Waals surface area contributed by atoms with Crippen LogP contribution in [0.1, 0.15) is 32.6 Å². The summed E-state index contributed by atoms with van der Waals surface area (Å²) in [6, 6.07) is 7.27. The Morgan fingerprint density at radius 2 is 1.93 bits per heavy atom. The first-order valence-electron chi connectivity index (χ1n) is 4.74. The van der Waals surface area contributed by atoms with Gasteiger partial charge in [-0.1, -0.05) is 18.2 Å². The van der Waals surface area contributed by atoms with Gasteiger partial charge < -0.3 is 5.11 Å². The third-order valence-electron chi connectivity index (χ3n) is 2.24. The van der Waals surface area contributed by atoms with Gasteiger partial charge in [-0.05, 0) is 26.8 Å². The van der Waals surface area contributed by atoms with E-state index in [1.54, 1.807) is 6.07 Å². The molecule has 1 aliphatic heterocycles. The van der Waals surface area contributed by atoms with Crippen LogP contribution in [0.3, 0.4) is 0 Å². The van der Waals surface area contributed by atoms with Crippen molar-refractivity contribution in [3.63, 3.8) is 0 Å². The summed E-state index contributed by atoms with van der Waals surface area (Å²) in [7, 11) is 0. The average Bonchev–Trinajstić information content (AvgIpc) is 2.83. The molecule has 2 unspecified atom stereocenters. The molecule has 3 nitrogen and oxygen atoms in total. The number of hydrogen-bond acceptors (Lipinski definition) is 3. The van der Waals surface area contributed by atoms with Crippen molar-refractivity contribution in [2.75, 3.05) is 0 Å². The number of nitrogens with zero attached hydrogens (tertiary/aromatic N) is 1. The van der Waals surface area contributed by atoms with Gasteiger partial charge in [-0.3, -0.25) is 4.84 Å². The summed E-state index contributed by atoms with van der Waals surface area (Å²) in [6.07, 6.45) is -0.0869. The highest BCUT2D eigenvalue weighted by Gasteiger charge is 2.46. The smallest absolute Gasteiger partial charge is 0.184 e. The minimum absolute atomic E-state index is 0.0209. The van der Waals surface area contributed by atoms with Crippen LogP contribution in [0, 0.1) is 0 Å². The Morgan fingerprint density at radius 3 is 2.43 bits per heavy atom. The monoisotopic (exact) mass is 193 g/mol. The lowest BCUT2D eigenvalue weighted by Crippen LogP contribution is -2.25. The third-order valence-corrected chi connectivity index (χ3v) is 2.24. The van der Waals surface area contributed by atoms with E-state index in [2.05, 4.69) is 20.8 Å². The molecule has 0 aliphatic carbocycles. The second-order valence-electron chi connectivity index (χ2n) is 4.51. The lowest BCUT2D eigenvalue weighted by Gasteiger charge is -2.16. The van der Waals surface area contributed by atoms with Gasteiger partial charge in [-0.15, -0.1) is 5.06 Å². The maximum atomic E-state index is 9.60. The van der Waals surface area contributed by atoms with E-state index in [0.29, 0.717) is 5.75 Å². The van der Waals surface area contributed by atoms with E-state index in [1.165, 1.54) is 0 Å². The summed E-state index contributed by atoms with van der Waals surface area (Å²) in [6.45, 7) is 6.23. The summed E-state index contributed by atoms with van der Waals surface area (Å²) < 4.78 is 0. The van der Waals surface area contributed by atoms with Crippen molar-refractivity contribution < 1.29 is 9.94 Å². The van der Waals surface area contributed by atoms with Gasteiger partial charge in [0.25, 0.3) is 0 Å². The number of aromatic hydroxyl groups is 1. The Labute approximate surface area is 83.9 Å². The van der Waals surface area contributed by atoms with Crippen molar-refractivity contribution in [3.8, 4) is 5.75 Å². The van der Waals surface area contributed by atoms with Gasteiger partial charge in [0.2, 0.25) is 0 Å². The summed E-state index contributed by atoms with van der Waals surface area (Å²) in [5, 5.41) is 11.5. The van der Waals surface area contributed by atoms with Crippen molar-refractivity contribution >= 4 is 0 Å². The highest BCUT2D eigenvalue weighted by Crippen LogP contribution is 2.45. The molecule has 0 spiro atoms. The van der Waals surface area contributed by atoms with Crippen LogP contribution < -0.4 is 0 Å². The second kappa shape index (κ2) is 2.97. The molecule has 1 aliphatic rings. The van der Waals surface area contributed by atoms with Gasteiger partial charge >= 0.3 is 0 Å². The summed E-state index contributed by atoms with van der Waals surface area (Å²) in [5.41, 5.74) is 0.815. The van der Waals surface area contributed by atoms with Gasteiger partial charge in [-0.2, -0.15) is 0 Å². The number of hydroxylamine groups is 2. The summed E-state index contributed by atoms with van der Waals surface area (Å²) in [4.78, 5) is 5.42. The number of rotatable bonds is 1. The molecule has 1 N–H and O–H groups in total. The molecular weight excluding hydrogens is 178 g/mol. The molecule has 2 rings (SSSR count). The minimum atomic E-state index is -0.0869. The number of para-hydroxylation sites is 1. The molecule has 0 saturated carbocycles. The number of phenolic OH excluding ortho intramolecular Hbond substituents is 1. The average molecular weight is 193 g/mol. The highest BCUT2D eigenvalue weighted by atomic mass is 16.8. The van der Waals surface area contributed by atoms with Gasteiger partial charge in [0.15, 0.2) is 6.23 Å². The lowest BCUT2D eigenvalue weighted by molar-refractivity contribution is 0.101. The first-order chi connectivity index (χ1) is 6.50. The molecule has 0 radical (unpaired) electrons. The van der Waals surface area contributed by atoms with Crippen molar-refractivity contribution in [2.45, 2.75) is 32.5 Å². The van der Waals surface area contributed by atoms with Crippen molar-refractivity contribution in [1.29, 1.82) is 0 Å². The van der Waals surface area contributed by atoms with Crippen LogP contribution in [-0.2, 0) is 4.84 Å². The fourth-order valence-corrected chi connectivity index (χ4v) is 1.47. The van der Waals surface area contributed by atoms with Crippen molar-refractivity contribution in [2.24, 2.45) is 0 Å². The van der Waals surface area contributed by atoms with E-state index in [-0.39, 0.29) is 11.8 Å². The standard InChI is InChI=1S/C11H15NO2/c1-11(2,3)12-10(14-12)8-6-4-5-7-9(8)13/h4-7,10,13H,1-3H3. The number of benzene rings is 1. The lowest BCUT2D eigenvalue weighted by atomic mass is 10.1. The molecule has 0 aromatic heterocycles. The number of phenols is 1. The zero-order valence-electron chi connectivity index (χ0n) is 8.69. The molecule has 0 amide bonds. The van der Waals surface area contributed by atoms with Crippen LogP contribution in [0.15, 0.2) is 24.3 Å². The van der Waals surface area contributed by atoms with E-state index in [4.69, 9.17) is 4.84 Å². The van der Waals surface area contributed by atoms with Gasteiger partial charge in [-0.25, -0.2) is 0 Å². The predicted molar refractivity (Wildman–Crippen MR) is 53.5 cm³/mol. The van der Waals surface area contributed by atoms with Crippen LogP contribution in [0.2, 0.25) is 0 Å². The Kier molecular flexibility index (Phi) is 2.01. The molecule has 0 bridgehead atoms. The molecule has 14 heavy (non-hydrogen) atoms. The maximum absolute atomic E-state index is 9.60. The van der Waals surface area contributed by atoms with Crippen molar-refractivity contribution in [3.05, 3.63) is 29.8 Å². The molecule has 1 saturated heterocycles. The van der Waals surface area contributed by atoms with Gasteiger partial charge in [0.05, 0.1) is 0 Å². The SMILES string of the molecule is CC(C)(C)N1OC1c1ccccc1O. The minimum Gasteiger partial charge on any atom is -0.508 e. The van der Waals surface area contributed by atoms with Gasteiger partial charge in [0, 0.05) is 11.1 Å². The Balaban J connectivity index is 2.18. The van der Waals surface area contributed by atoms with Crippen LogP contribution in [-0.4, -0.2) is 15.7 Å². The quantitative estimate of drug-likeness (QED) is 0.696. The molecule has 1 aromatic rings. The molecule has 1 fully saturated rings. The van der Waals surface area contributed by atoms with Crippen LogP contribution in [0.25, 0.3) is 0 Å². The molecular formula is C11H15NO2. The normalized spacial score (nSPS) is 26.2. The topological polar surface area (TPSA) is 35.8 Å².